The highest BCUT2D eigenvalue weighted by molar-refractivity contribution is 9.10. The highest BCUT2D eigenvalue weighted by Crippen LogP contribution is 2.32. The molecule has 0 radical (unpaired) electrons. The summed E-state index contributed by atoms with van der Waals surface area (Å²) in [6.45, 7) is 2.52. The largest absolute Gasteiger partial charge is 0.305 e. The van der Waals surface area contributed by atoms with Crippen molar-refractivity contribution in [3.05, 3.63) is 34.3 Å². The molecule has 4 heteroatoms. The van der Waals surface area contributed by atoms with Gasteiger partial charge < -0.3 is 5.32 Å². The summed E-state index contributed by atoms with van der Waals surface area (Å²) in [5.74, 6) is 0. The van der Waals surface area contributed by atoms with Gasteiger partial charge >= 0.3 is 0 Å². The minimum atomic E-state index is -0.719. The lowest BCUT2D eigenvalue weighted by molar-refractivity contribution is 0.333. The van der Waals surface area contributed by atoms with E-state index in [0.29, 0.717) is 13.0 Å². The second-order valence-corrected chi connectivity index (χ2v) is 4.94. The molecule has 1 saturated heterocycles. The lowest BCUT2D eigenvalue weighted by Gasteiger charge is -2.24. The van der Waals surface area contributed by atoms with E-state index < -0.39 is 6.17 Å². The summed E-state index contributed by atoms with van der Waals surface area (Å²) in [7, 11) is 0. The number of benzene rings is 1. The summed E-state index contributed by atoms with van der Waals surface area (Å²) in [5.41, 5.74) is 0.959. The van der Waals surface area contributed by atoms with Crippen LogP contribution in [0.4, 0.5) is 4.39 Å². The van der Waals surface area contributed by atoms with Gasteiger partial charge in [-0.1, -0.05) is 28.1 Å². The van der Waals surface area contributed by atoms with Gasteiger partial charge in [0.2, 0.25) is 0 Å². The standard InChI is InChI=1S/C11H13BrFN.ClH/c1-11(6-10(13)7-14-11)8-2-4-9(12)5-3-8;/h2-5,10,14H,6-7H2,1H3;1H. The Kier molecular flexibility index (Phi) is 4.15. The maximum absolute atomic E-state index is 13.1. The second kappa shape index (κ2) is 4.81. The van der Waals surface area contributed by atoms with Gasteiger partial charge in [0.1, 0.15) is 6.17 Å². The average molecular weight is 295 g/mol. The summed E-state index contributed by atoms with van der Waals surface area (Å²) in [4.78, 5) is 0. The summed E-state index contributed by atoms with van der Waals surface area (Å²) < 4.78 is 14.2. The smallest absolute Gasteiger partial charge is 0.115 e. The molecule has 1 aliphatic rings. The Labute approximate surface area is 104 Å². The lowest BCUT2D eigenvalue weighted by Crippen LogP contribution is -2.32. The van der Waals surface area contributed by atoms with Crippen molar-refractivity contribution in [3.63, 3.8) is 0 Å². The van der Waals surface area contributed by atoms with E-state index in [1.165, 1.54) is 0 Å². The van der Waals surface area contributed by atoms with Crippen molar-refractivity contribution >= 4 is 28.3 Å². The quantitative estimate of drug-likeness (QED) is 0.837. The Morgan fingerprint density at radius 1 is 1.40 bits per heavy atom. The first-order valence-electron chi connectivity index (χ1n) is 4.75. The minimum absolute atomic E-state index is 0. The highest BCUT2D eigenvalue weighted by atomic mass is 79.9. The van der Waals surface area contributed by atoms with Crippen molar-refractivity contribution in [2.75, 3.05) is 6.54 Å². The van der Waals surface area contributed by atoms with E-state index in [1.807, 2.05) is 24.3 Å². The molecule has 0 bridgehead atoms. The van der Waals surface area contributed by atoms with Crippen LogP contribution in [0.25, 0.3) is 0 Å². The molecular weight excluding hydrogens is 280 g/mol. The maximum Gasteiger partial charge on any atom is 0.115 e. The molecule has 1 fully saturated rings. The van der Waals surface area contributed by atoms with Gasteiger partial charge in [0.05, 0.1) is 0 Å². The van der Waals surface area contributed by atoms with Crippen LogP contribution >= 0.6 is 28.3 Å². The zero-order chi connectivity index (χ0) is 10.2. The normalized spacial score (nSPS) is 29.9. The van der Waals surface area contributed by atoms with Crippen LogP contribution in [0.2, 0.25) is 0 Å². The molecule has 0 aliphatic carbocycles. The van der Waals surface area contributed by atoms with E-state index in [0.717, 1.165) is 10.0 Å². The van der Waals surface area contributed by atoms with Crippen LogP contribution in [-0.4, -0.2) is 12.7 Å². The van der Waals surface area contributed by atoms with Crippen LogP contribution in [0, 0.1) is 0 Å². The molecule has 0 amide bonds. The van der Waals surface area contributed by atoms with Gasteiger partial charge in [-0.2, -0.15) is 0 Å². The van der Waals surface area contributed by atoms with Gasteiger partial charge in [-0.25, -0.2) is 4.39 Å². The van der Waals surface area contributed by atoms with Gasteiger partial charge in [-0.15, -0.1) is 12.4 Å². The Bertz CT molecular complexity index is 330. The fourth-order valence-corrected chi connectivity index (χ4v) is 2.23. The van der Waals surface area contributed by atoms with Gasteiger partial charge in [0, 0.05) is 23.0 Å². The molecule has 1 heterocycles. The van der Waals surface area contributed by atoms with Crippen molar-refractivity contribution in [2.45, 2.75) is 25.1 Å². The van der Waals surface area contributed by atoms with Crippen molar-refractivity contribution in [2.24, 2.45) is 0 Å². The Hall–Kier alpha value is -0.120. The monoisotopic (exact) mass is 293 g/mol. The van der Waals surface area contributed by atoms with E-state index in [9.17, 15) is 4.39 Å². The highest BCUT2D eigenvalue weighted by Gasteiger charge is 2.35. The molecule has 1 aromatic rings. The van der Waals surface area contributed by atoms with E-state index in [-0.39, 0.29) is 17.9 Å². The Balaban J connectivity index is 0.00000112. The van der Waals surface area contributed by atoms with Crippen LogP contribution in [0.5, 0.6) is 0 Å². The number of hydrogen-bond donors (Lipinski definition) is 1. The molecule has 0 aromatic heterocycles. The molecule has 2 atom stereocenters. The molecule has 0 saturated carbocycles. The molecule has 2 unspecified atom stereocenters. The van der Waals surface area contributed by atoms with Crippen LogP contribution in [0.1, 0.15) is 18.9 Å². The molecule has 1 nitrogen and oxygen atoms in total. The van der Waals surface area contributed by atoms with Gasteiger partial charge in [-0.3, -0.25) is 0 Å². The van der Waals surface area contributed by atoms with Crippen LogP contribution < -0.4 is 5.32 Å². The fourth-order valence-electron chi connectivity index (χ4n) is 1.96. The molecule has 1 N–H and O–H groups in total. The predicted molar refractivity (Wildman–Crippen MR) is 66.3 cm³/mol. The Morgan fingerprint density at radius 3 is 2.47 bits per heavy atom. The third kappa shape index (κ3) is 2.71. The van der Waals surface area contributed by atoms with E-state index in [2.05, 4.69) is 28.2 Å². The van der Waals surface area contributed by atoms with Crippen molar-refractivity contribution in [1.29, 1.82) is 0 Å². The predicted octanol–water partition coefficient (Wildman–Crippen LogP) is 3.42. The number of nitrogens with one attached hydrogen (secondary N) is 1. The lowest BCUT2D eigenvalue weighted by atomic mass is 9.90. The average Bonchev–Trinajstić information content (AvgIpc) is 2.48. The fraction of sp³-hybridized carbons (Fsp3) is 0.455. The van der Waals surface area contributed by atoms with Crippen LogP contribution in [-0.2, 0) is 5.54 Å². The number of halogens is 3. The molecule has 84 valence electrons. The van der Waals surface area contributed by atoms with E-state index in [1.54, 1.807) is 0 Å². The molecule has 1 aliphatic heterocycles. The van der Waals surface area contributed by atoms with Gasteiger partial charge in [-0.05, 0) is 24.6 Å². The summed E-state index contributed by atoms with van der Waals surface area (Å²) in [6.07, 6.45) is -0.155. The molecular formula is C11H14BrClFN. The SMILES string of the molecule is CC1(c2ccc(Br)cc2)CC(F)CN1.Cl. The number of alkyl halides is 1. The van der Waals surface area contributed by atoms with Crippen LogP contribution in [0.15, 0.2) is 28.7 Å². The zero-order valence-electron chi connectivity index (χ0n) is 8.47. The molecule has 2 rings (SSSR count). The first-order chi connectivity index (χ1) is 6.60. The van der Waals surface area contributed by atoms with E-state index >= 15 is 0 Å². The summed E-state index contributed by atoms with van der Waals surface area (Å²) in [5, 5.41) is 3.23. The van der Waals surface area contributed by atoms with Gasteiger partial charge in [0.15, 0.2) is 0 Å². The molecule has 1 aromatic carbocycles. The maximum atomic E-state index is 13.1. The first kappa shape index (κ1) is 12.9. The number of rotatable bonds is 1. The van der Waals surface area contributed by atoms with Crippen molar-refractivity contribution in [3.8, 4) is 0 Å². The summed E-state index contributed by atoms with van der Waals surface area (Å²) >= 11 is 3.39. The Morgan fingerprint density at radius 2 is 2.00 bits per heavy atom. The third-order valence-electron chi connectivity index (χ3n) is 2.82. The van der Waals surface area contributed by atoms with Crippen molar-refractivity contribution < 1.29 is 4.39 Å². The second-order valence-electron chi connectivity index (χ2n) is 4.02. The topological polar surface area (TPSA) is 12.0 Å². The zero-order valence-corrected chi connectivity index (χ0v) is 10.9. The minimum Gasteiger partial charge on any atom is -0.305 e. The van der Waals surface area contributed by atoms with Gasteiger partial charge in [0.25, 0.3) is 0 Å². The molecule has 0 spiro atoms. The first-order valence-corrected chi connectivity index (χ1v) is 5.55. The number of hydrogen-bond acceptors (Lipinski definition) is 1. The molecule has 15 heavy (non-hydrogen) atoms. The summed E-state index contributed by atoms with van der Waals surface area (Å²) in [6, 6.07) is 8.06. The van der Waals surface area contributed by atoms with E-state index in [4.69, 9.17) is 0 Å². The van der Waals surface area contributed by atoms with Crippen LogP contribution in [0.3, 0.4) is 0 Å². The third-order valence-corrected chi connectivity index (χ3v) is 3.35. The van der Waals surface area contributed by atoms with Crippen molar-refractivity contribution in [1.82, 2.24) is 5.32 Å².